The Balaban J connectivity index is 0.000000217. The molecule has 94 heavy (non-hydrogen) atoms. The van der Waals surface area contributed by atoms with Crippen LogP contribution in [0.2, 0.25) is 0 Å². The van der Waals surface area contributed by atoms with Crippen LogP contribution in [0.25, 0.3) is 0 Å². The summed E-state index contributed by atoms with van der Waals surface area (Å²) in [5.41, 5.74) is 4.71. The Bertz CT molecular complexity index is 3990. The monoisotopic (exact) mass is 1360 g/mol. The third-order valence-electron chi connectivity index (χ3n) is 17.4. The molecule has 6 aliphatic heterocycles. The van der Waals surface area contributed by atoms with E-state index in [2.05, 4.69) is 37.3 Å². The molecule has 0 spiro atoms. The first-order valence-electron chi connectivity index (χ1n) is 30.2. The third-order valence-corrected chi connectivity index (χ3v) is 18.9. The van der Waals surface area contributed by atoms with Crippen molar-refractivity contribution >= 4 is 97.3 Å². The molecular formula is C66H74F2N12O10S4. The smallest absolute Gasteiger partial charge is 0.338 e. The van der Waals surface area contributed by atoms with Crippen molar-refractivity contribution in [1.29, 1.82) is 0 Å². The van der Waals surface area contributed by atoms with Gasteiger partial charge in [-0.25, -0.2) is 47.5 Å². The summed E-state index contributed by atoms with van der Waals surface area (Å²) in [5.74, 6) is -2.86. The van der Waals surface area contributed by atoms with Gasteiger partial charge in [0.1, 0.15) is 23.7 Å². The zero-order chi connectivity index (χ0) is 65.2. The quantitative estimate of drug-likeness (QED) is 0.0587. The second-order valence-electron chi connectivity index (χ2n) is 23.8. The number of fused-ring (bicyclic) bond motifs is 2. The van der Waals surface area contributed by atoms with Crippen molar-refractivity contribution in [3.8, 4) is 0 Å². The number of esters is 2. The number of aliphatic imine (C=N–C) groups is 2. The Kier molecular flexibility index (Phi) is 21.8. The van der Waals surface area contributed by atoms with Crippen molar-refractivity contribution in [3.05, 3.63) is 197 Å². The van der Waals surface area contributed by atoms with E-state index in [1.807, 2.05) is 33.6 Å². The Morgan fingerprint density at radius 2 is 1.02 bits per heavy atom. The van der Waals surface area contributed by atoms with Crippen LogP contribution in [0.15, 0.2) is 141 Å². The van der Waals surface area contributed by atoms with Crippen molar-refractivity contribution in [2.24, 2.45) is 9.98 Å². The molecule has 0 radical (unpaired) electrons. The molecule has 496 valence electrons. The standard InChI is InChI=1S/2C33H35FN6O5S.2H2S/c1-4-45-31(43)26-25(36-28(29-35-11-14-46-29)37-27(26)23-9-6-10-24(34)20(23)2)17-38-12-13-40-32(44)39(19-33(40,3)18-38)16-21-7-5-8-22(15-21)30(41)42;1-4-45-31(43)26-25(36-28(29-35-12-15-46-29)37-27(26)23-6-5-7-24(34)20(23)2)17-38-13-14-40-32(44)39(19-33(40,3)18-38)16-21-8-10-22(11-9-21)30(41)42;;/h5-11,14-15,27H,4,12-13,16-19H2,1-3H3,(H,36,37)(H,41,42);5-12,15,27H,4,13-14,16-19H2,1-3H3,(H,36,37)(H,41,42);2*1H2/t2*27-,33-;;/m00../s1. The molecule has 0 unspecified atom stereocenters. The van der Waals surface area contributed by atoms with Gasteiger partial charge in [0.05, 0.1) is 46.6 Å². The number of carboxylic acid groups (broad SMARTS) is 2. The fourth-order valence-electron chi connectivity index (χ4n) is 13.0. The third kappa shape index (κ3) is 14.6. The first-order valence-corrected chi connectivity index (χ1v) is 31.9. The molecule has 6 aliphatic rings. The number of carbonyl (C=O) groups is 6. The number of carboxylic acids is 2. The van der Waals surface area contributed by atoms with Crippen molar-refractivity contribution in [2.75, 3.05) is 78.7 Å². The number of piperazine rings is 2. The van der Waals surface area contributed by atoms with Crippen molar-refractivity contribution in [3.63, 3.8) is 0 Å². The summed E-state index contributed by atoms with van der Waals surface area (Å²) in [6.07, 6.45) is 3.36. The maximum atomic E-state index is 14.8. The van der Waals surface area contributed by atoms with E-state index in [9.17, 15) is 47.8 Å². The normalized spacial score (nSPS) is 21.1. The number of nitrogens with one attached hydrogen (secondary N) is 2. The van der Waals surface area contributed by atoms with Gasteiger partial charge in [-0.05, 0) is 111 Å². The minimum absolute atomic E-state index is 0. The van der Waals surface area contributed by atoms with Crippen LogP contribution >= 0.6 is 49.7 Å². The highest BCUT2D eigenvalue weighted by molar-refractivity contribution is 7.59. The number of aromatic nitrogens is 2. The average molecular weight is 1360 g/mol. The van der Waals surface area contributed by atoms with Gasteiger partial charge in [0.25, 0.3) is 0 Å². The lowest BCUT2D eigenvalue weighted by Crippen LogP contribution is -2.60. The van der Waals surface area contributed by atoms with Crippen LogP contribution in [-0.4, -0.2) is 187 Å². The Labute approximate surface area is 564 Å². The van der Waals surface area contributed by atoms with Gasteiger partial charge < -0.3 is 49.9 Å². The number of hydrogen-bond acceptors (Lipinski definition) is 18. The highest BCUT2D eigenvalue weighted by atomic mass is 32.1. The van der Waals surface area contributed by atoms with Crippen molar-refractivity contribution in [2.45, 2.75) is 77.8 Å². The Hall–Kier alpha value is -8.54. The number of ether oxygens (including phenoxy) is 2. The summed E-state index contributed by atoms with van der Waals surface area (Å²) in [7, 11) is 0. The van der Waals surface area contributed by atoms with Crippen molar-refractivity contribution in [1.82, 2.24) is 50.0 Å². The van der Waals surface area contributed by atoms with Gasteiger partial charge in [0.15, 0.2) is 21.7 Å². The van der Waals surface area contributed by atoms with E-state index in [1.54, 1.807) is 111 Å². The number of amides is 4. The molecule has 0 aliphatic carbocycles. The highest BCUT2D eigenvalue weighted by Crippen LogP contribution is 2.40. The van der Waals surface area contributed by atoms with Gasteiger partial charge in [-0.1, -0.05) is 48.5 Å². The summed E-state index contributed by atoms with van der Waals surface area (Å²) >= 11 is 2.81. The van der Waals surface area contributed by atoms with E-state index < -0.39 is 47.0 Å². The van der Waals surface area contributed by atoms with Crippen LogP contribution in [0.4, 0.5) is 18.4 Å². The predicted octanol–water partition coefficient (Wildman–Crippen LogP) is 8.64. The molecule has 28 heteroatoms. The van der Waals surface area contributed by atoms with Gasteiger partial charge in [-0.2, -0.15) is 27.0 Å². The average Bonchev–Trinajstić information content (AvgIpc) is 1.43. The number of nitrogens with zero attached hydrogens (tertiary/aromatic N) is 10. The van der Waals surface area contributed by atoms with E-state index >= 15 is 0 Å². The van der Waals surface area contributed by atoms with E-state index in [1.165, 1.54) is 40.9 Å². The lowest BCUT2D eigenvalue weighted by molar-refractivity contribution is -0.139. The molecule has 4 saturated heterocycles. The topological polar surface area (TPSA) is 255 Å². The molecule has 4 atom stereocenters. The summed E-state index contributed by atoms with van der Waals surface area (Å²) in [5, 5.41) is 30.3. The van der Waals surface area contributed by atoms with E-state index in [-0.39, 0.29) is 75.0 Å². The largest absolute Gasteiger partial charge is 0.478 e. The molecule has 0 saturated carbocycles. The maximum absolute atomic E-state index is 14.8. The molecule has 4 amide bonds. The van der Waals surface area contributed by atoms with E-state index in [4.69, 9.17) is 19.5 Å². The first-order chi connectivity index (χ1) is 44.1. The molecule has 6 aromatic rings. The number of rotatable bonds is 18. The first kappa shape index (κ1) is 69.8. The zero-order valence-electron chi connectivity index (χ0n) is 52.7. The minimum atomic E-state index is -1.01. The SMILES string of the molecule is CCOC(=O)C1=C(CN2CCN3C(=O)N(Cc4ccc(C(=O)O)cc4)C[C@]3(C)C2)NC(c2nccs2)=N[C@H]1c1cccc(F)c1C.CCOC(=O)C1=C(CN2CCN3C(=O)N(Cc4cccc(C(=O)O)c4)C[C@]3(C)C2)NC(c2nccs2)=N[C@H]1c1cccc(F)c1C.S.S. The second kappa shape index (κ2) is 29.4. The van der Waals surface area contributed by atoms with Crippen LogP contribution in [0.1, 0.15) is 104 Å². The molecule has 2 aromatic heterocycles. The number of urea groups is 2. The predicted molar refractivity (Wildman–Crippen MR) is 361 cm³/mol. The Morgan fingerprint density at radius 1 is 0.585 bits per heavy atom. The lowest BCUT2D eigenvalue weighted by Gasteiger charge is -2.44. The molecular weight excluding hydrogens is 1290 g/mol. The van der Waals surface area contributed by atoms with E-state index in [0.29, 0.717) is 145 Å². The van der Waals surface area contributed by atoms with Gasteiger partial charge in [0, 0.05) is 113 Å². The van der Waals surface area contributed by atoms with Gasteiger partial charge in [-0.3, -0.25) is 19.8 Å². The number of halogens is 2. The lowest BCUT2D eigenvalue weighted by atomic mass is 9.91. The Morgan fingerprint density at radius 3 is 1.44 bits per heavy atom. The van der Waals surface area contributed by atoms with Crippen LogP contribution in [0.3, 0.4) is 0 Å². The molecule has 4 aromatic carbocycles. The number of aromatic carboxylic acids is 2. The summed E-state index contributed by atoms with van der Waals surface area (Å²) in [6.45, 7) is 16.7. The second-order valence-corrected chi connectivity index (χ2v) is 25.6. The van der Waals surface area contributed by atoms with Crippen LogP contribution < -0.4 is 10.6 Å². The number of amidine groups is 2. The van der Waals surface area contributed by atoms with Crippen molar-refractivity contribution < 1.29 is 57.2 Å². The fourth-order valence-corrected chi connectivity index (χ4v) is 14.2. The van der Waals surface area contributed by atoms with Crippen LogP contribution in [0.5, 0.6) is 0 Å². The summed E-state index contributed by atoms with van der Waals surface area (Å²) < 4.78 is 40.6. The van der Waals surface area contributed by atoms with Gasteiger partial charge in [-0.15, -0.1) is 22.7 Å². The van der Waals surface area contributed by atoms with Gasteiger partial charge in [0.2, 0.25) is 0 Å². The van der Waals surface area contributed by atoms with Crippen LogP contribution in [-0.2, 0) is 32.2 Å². The summed E-state index contributed by atoms with van der Waals surface area (Å²) in [4.78, 5) is 107. The minimum Gasteiger partial charge on any atom is -0.478 e. The molecule has 4 fully saturated rings. The van der Waals surface area contributed by atoms with Crippen LogP contribution in [0, 0.1) is 25.5 Å². The molecule has 8 heterocycles. The molecule has 0 bridgehead atoms. The number of benzene rings is 4. The zero-order valence-corrected chi connectivity index (χ0v) is 56.3. The molecule has 4 N–H and O–H groups in total. The summed E-state index contributed by atoms with van der Waals surface area (Å²) in [6, 6.07) is 21.0. The molecule has 22 nitrogen and oxygen atoms in total. The molecule has 12 rings (SSSR count). The maximum Gasteiger partial charge on any atom is 0.338 e. The number of thiazole rings is 2. The number of carbonyl (C=O) groups excluding carboxylic acids is 4. The van der Waals surface area contributed by atoms with Gasteiger partial charge >= 0.3 is 35.9 Å². The number of hydrogen-bond donors (Lipinski definition) is 4. The van der Waals surface area contributed by atoms with E-state index in [0.717, 1.165) is 11.1 Å². The highest BCUT2D eigenvalue weighted by Gasteiger charge is 2.51. The fraction of sp³-hybridized carbons (Fsp3) is 0.364.